The Morgan fingerprint density at radius 1 is 0.674 bits per heavy atom. The van der Waals surface area contributed by atoms with Crippen LogP contribution in [0.4, 0.5) is 5.69 Å². The molecule has 6 aliphatic carbocycles. The van der Waals surface area contributed by atoms with Gasteiger partial charge in [0.25, 0.3) is 5.91 Å². The number of nitrogens with zero attached hydrogens (tertiary/aromatic N) is 3. The number of anilines is 1. The SMILES string of the molecule is CNC(=O)c1cc(-c2cccc(CN3O[C@@H](CO)[C@@H]([C@H](C)OC(=O)CCCC(C)C)[C@H]3C(=O)N[C@H]3C[C@H]4C[C@@H]([C@@H]3C)C4(C)C)c2OC)cc(N(C)C)c1.COc1c(CN2O[C@@H](CO)[C@H]([C@H](C)O)C2C(=O)N[C@H]2C[C@H]3C[C@@H]([C@@H]2C)C3(C)C)cccc1-c1cccc(OC(C)C)c1. The summed E-state index contributed by atoms with van der Waals surface area (Å²) in [6.45, 7) is 25.3. The number of nitrogens with one attached hydrogen (secondary N) is 3. The van der Waals surface area contributed by atoms with Gasteiger partial charge in [-0.1, -0.05) is 110 Å². The Bertz CT molecular complexity index is 3320. The van der Waals surface area contributed by atoms with Gasteiger partial charge in [-0.3, -0.25) is 28.9 Å². The van der Waals surface area contributed by atoms with Gasteiger partial charge in [-0.15, -0.1) is 0 Å². The normalized spacial score (nSPS) is 28.6. The molecule has 16 atom stereocenters. The maximum Gasteiger partial charge on any atom is 0.306 e. The fourth-order valence-corrected chi connectivity index (χ4v) is 17.0. The molecule has 19 heteroatoms. The molecule has 1 unspecified atom stereocenters. The lowest BCUT2D eigenvalue weighted by atomic mass is 9.45. The molecule has 0 spiro atoms. The van der Waals surface area contributed by atoms with Crippen molar-refractivity contribution in [3.63, 3.8) is 0 Å². The Hall–Kier alpha value is -6.32. The molecule has 4 aromatic rings. The largest absolute Gasteiger partial charge is 0.496 e. The van der Waals surface area contributed by atoms with E-state index in [1.165, 1.54) is 12.8 Å². The van der Waals surface area contributed by atoms with Gasteiger partial charge in [-0.2, -0.15) is 10.1 Å². The van der Waals surface area contributed by atoms with Crippen molar-refractivity contribution in [1.82, 2.24) is 26.1 Å². The minimum absolute atomic E-state index is 0.0141. The van der Waals surface area contributed by atoms with Crippen LogP contribution >= 0.6 is 0 Å². The van der Waals surface area contributed by atoms with Crippen LogP contribution in [-0.4, -0.2) is 152 Å². The number of aliphatic hydroxyl groups excluding tert-OH is 3. The number of hydrogen-bond donors (Lipinski definition) is 6. The Kier molecular flexibility index (Phi) is 23.5. The molecule has 95 heavy (non-hydrogen) atoms. The van der Waals surface area contributed by atoms with Crippen molar-refractivity contribution in [3.05, 3.63) is 95.6 Å². The molecule has 2 aliphatic heterocycles. The summed E-state index contributed by atoms with van der Waals surface area (Å²) in [6, 6.07) is 23.7. The van der Waals surface area contributed by atoms with Crippen LogP contribution in [0.1, 0.15) is 150 Å². The molecule has 4 bridgehead atoms. The molecule has 3 amide bonds. The van der Waals surface area contributed by atoms with E-state index in [0.717, 1.165) is 70.5 Å². The van der Waals surface area contributed by atoms with Crippen LogP contribution in [0.2, 0.25) is 0 Å². The predicted octanol–water partition coefficient (Wildman–Crippen LogP) is 10.6. The van der Waals surface area contributed by atoms with Crippen LogP contribution < -0.4 is 35.1 Å². The maximum absolute atomic E-state index is 14.6. The number of amides is 3. The minimum Gasteiger partial charge on any atom is -0.496 e. The second-order valence-corrected chi connectivity index (χ2v) is 30.1. The number of benzene rings is 4. The second kappa shape index (κ2) is 30.6. The average molecular weight is 1320 g/mol. The van der Waals surface area contributed by atoms with Crippen molar-refractivity contribution in [2.24, 2.45) is 64.1 Å². The molecular weight excluding hydrogens is 1200 g/mol. The number of ether oxygens (including phenoxy) is 4. The highest BCUT2D eigenvalue weighted by molar-refractivity contribution is 5.97. The molecule has 8 fully saturated rings. The minimum atomic E-state index is -0.852. The summed E-state index contributed by atoms with van der Waals surface area (Å²) in [5.41, 5.74) is 6.95. The molecular formula is C76H110N6O13. The average Bonchev–Trinajstić information content (AvgIpc) is 1.42. The zero-order valence-electron chi connectivity index (χ0n) is 59.4. The molecule has 2 heterocycles. The van der Waals surface area contributed by atoms with Crippen molar-refractivity contribution in [1.29, 1.82) is 0 Å². The van der Waals surface area contributed by atoms with E-state index in [4.69, 9.17) is 28.6 Å². The number of para-hydroxylation sites is 2. The van der Waals surface area contributed by atoms with Crippen molar-refractivity contribution in [3.8, 4) is 39.5 Å². The Labute approximate surface area is 564 Å². The molecule has 0 aromatic heterocycles. The summed E-state index contributed by atoms with van der Waals surface area (Å²) >= 11 is 0. The number of carbonyl (C=O) groups is 4. The van der Waals surface area contributed by atoms with Crippen molar-refractivity contribution < 1.29 is 63.1 Å². The van der Waals surface area contributed by atoms with Gasteiger partial charge in [-0.25, -0.2) is 0 Å². The number of carbonyl (C=O) groups excluding carboxylic acids is 4. The third-order valence-electron chi connectivity index (χ3n) is 22.6. The Morgan fingerprint density at radius 2 is 1.18 bits per heavy atom. The number of hydroxylamine groups is 4. The van der Waals surface area contributed by atoms with E-state index < -0.39 is 48.3 Å². The third kappa shape index (κ3) is 15.5. The summed E-state index contributed by atoms with van der Waals surface area (Å²) in [5.74, 6) is 3.38. The van der Waals surface area contributed by atoms with E-state index in [0.29, 0.717) is 70.3 Å². The number of rotatable bonds is 25. The Balaban J connectivity index is 0.000000229. The fourth-order valence-electron chi connectivity index (χ4n) is 17.0. The lowest BCUT2D eigenvalue weighted by Crippen LogP contribution is -2.62. The van der Waals surface area contributed by atoms with Crippen molar-refractivity contribution in [2.75, 3.05) is 53.5 Å². The topological polar surface area (TPSA) is 230 Å². The van der Waals surface area contributed by atoms with Crippen LogP contribution in [0.15, 0.2) is 78.9 Å². The summed E-state index contributed by atoms with van der Waals surface area (Å²) in [5, 5.41) is 44.3. The van der Waals surface area contributed by atoms with Gasteiger partial charge in [0.05, 0.1) is 58.6 Å². The first-order valence-corrected chi connectivity index (χ1v) is 34.8. The van der Waals surface area contributed by atoms with Gasteiger partial charge < -0.3 is 55.1 Å². The van der Waals surface area contributed by atoms with Crippen LogP contribution in [0, 0.1) is 64.1 Å². The summed E-state index contributed by atoms with van der Waals surface area (Å²) in [7, 11) is 8.69. The van der Waals surface area contributed by atoms with E-state index in [1.54, 1.807) is 45.2 Å². The number of esters is 1. The van der Waals surface area contributed by atoms with Gasteiger partial charge in [0.2, 0.25) is 11.8 Å². The zero-order valence-corrected chi connectivity index (χ0v) is 59.4. The van der Waals surface area contributed by atoms with E-state index in [9.17, 15) is 34.5 Å². The lowest BCUT2D eigenvalue weighted by Gasteiger charge is -2.62. The highest BCUT2D eigenvalue weighted by Gasteiger charge is 2.59. The lowest BCUT2D eigenvalue weighted by molar-refractivity contribution is -0.183. The quantitative estimate of drug-likeness (QED) is 0.0339. The van der Waals surface area contributed by atoms with Crippen LogP contribution in [0.3, 0.4) is 0 Å². The van der Waals surface area contributed by atoms with Gasteiger partial charge in [0, 0.05) is 79.1 Å². The van der Waals surface area contributed by atoms with E-state index in [1.807, 2.05) is 112 Å². The summed E-state index contributed by atoms with van der Waals surface area (Å²) < 4.78 is 23.9. The maximum atomic E-state index is 14.6. The number of aliphatic hydroxyl groups is 3. The molecule has 8 aliphatic rings. The van der Waals surface area contributed by atoms with E-state index in [2.05, 4.69) is 71.3 Å². The number of fused-ring (bicyclic) bond motifs is 4. The monoisotopic (exact) mass is 1310 g/mol. The summed E-state index contributed by atoms with van der Waals surface area (Å²) in [6.07, 6.45) is 3.26. The number of hydrogen-bond acceptors (Lipinski definition) is 16. The predicted molar refractivity (Wildman–Crippen MR) is 368 cm³/mol. The van der Waals surface area contributed by atoms with Gasteiger partial charge in [0.1, 0.15) is 47.6 Å². The number of methoxy groups -OCH3 is 2. The molecule has 0 radical (unpaired) electrons. The zero-order chi connectivity index (χ0) is 69.1. The molecule has 522 valence electrons. The van der Waals surface area contributed by atoms with E-state index >= 15 is 0 Å². The third-order valence-corrected chi connectivity index (χ3v) is 22.6. The van der Waals surface area contributed by atoms with Gasteiger partial charge >= 0.3 is 5.97 Å². The smallest absolute Gasteiger partial charge is 0.306 e. The first kappa shape index (κ1) is 72.9. The summed E-state index contributed by atoms with van der Waals surface area (Å²) in [4.78, 5) is 69.0. The molecule has 12 rings (SSSR count). The molecule has 6 N–H and O–H groups in total. The second-order valence-electron chi connectivity index (χ2n) is 30.1. The molecule has 2 saturated heterocycles. The molecule has 4 aromatic carbocycles. The first-order chi connectivity index (χ1) is 45.1. The first-order valence-electron chi connectivity index (χ1n) is 34.8. The Morgan fingerprint density at radius 3 is 1.63 bits per heavy atom. The van der Waals surface area contributed by atoms with Gasteiger partial charge in [-0.05, 0) is 154 Å². The standard InChI is InChI=1S/C42H62N4O7.C34H48N2O6/c1-24(2)13-11-16-36(48)52-26(4)37-35(23-47)53-46(38(37)41(50)44-34-21-30-20-33(25(34)3)42(30,5)6)22-27-14-12-15-32(39(27)51-10)28-17-29(40(49)43-7)19-31(18-28)45(8)9;1-19(2)41-25-12-8-10-22(14-25)26-13-9-11-23(32(26)40-7)17-36-31(30(21(4)38)29(18-37)42-36)33(39)35-28-16-24-15-27(20(28)3)34(24,5)6/h12,14-15,17-19,24-26,30,33-35,37-38,47H,11,13,16,20-23H2,1-10H3,(H,43,49)(H,44,50);8-14,19-21,24,27-31,37-38H,15-18H2,1-7H3,(H,35,39)/t25-,26-,30+,33-,34-,35-,37+,38-;20-,21-,24+,27-,28-,29-,30-,31?/m00/s1. The van der Waals surface area contributed by atoms with Crippen LogP contribution in [0.5, 0.6) is 17.2 Å². The van der Waals surface area contributed by atoms with Crippen molar-refractivity contribution in [2.45, 2.75) is 196 Å². The van der Waals surface area contributed by atoms with Crippen LogP contribution in [-0.2, 0) is 41.9 Å². The molecule has 6 saturated carbocycles. The highest BCUT2D eigenvalue weighted by atomic mass is 16.7. The molecule has 19 nitrogen and oxygen atoms in total. The van der Waals surface area contributed by atoms with Gasteiger partial charge in [0.15, 0.2) is 0 Å². The van der Waals surface area contributed by atoms with E-state index in [-0.39, 0.29) is 73.6 Å². The van der Waals surface area contributed by atoms with Crippen molar-refractivity contribution >= 4 is 29.4 Å². The fraction of sp³-hybridized carbons (Fsp3) is 0.632. The van der Waals surface area contributed by atoms with Crippen LogP contribution in [0.25, 0.3) is 22.3 Å². The highest BCUT2D eigenvalue weighted by Crippen LogP contribution is 2.62.